The molecule has 0 saturated heterocycles. The van der Waals surface area contributed by atoms with Crippen LogP contribution < -0.4 is 5.32 Å². The zero-order chi connectivity index (χ0) is 11.1. The summed E-state index contributed by atoms with van der Waals surface area (Å²) in [6.45, 7) is 2.19. The number of benzene rings is 1. The van der Waals surface area contributed by atoms with Crippen LogP contribution in [0.2, 0.25) is 0 Å². The smallest absolute Gasteiger partial charge is 0.155 e. The van der Waals surface area contributed by atoms with Crippen molar-refractivity contribution in [2.24, 2.45) is 5.92 Å². The van der Waals surface area contributed by atoms with Gasteiger partial charge in [-0.2, -0.15) is 0 Å². The number of hydrogen-bond acceptors (Lipinski definition) is 2. The highest BCUT2D eigenvalue weighted by Gasteiger charge is 2.41. The summed E-state index contributed by atoms with van der Waals surface area (Å²) in [6.07, 6.45) is 3.05. The number of anilines is 1. The molecule has 0 amide bonds. The fourth-order valence-electron chi connectivity index (χ4n) is 3.13. The molecular weight excluding hydrogens is 198 g/mol. The molecule has 0 bridgehead atoms. The molecular formula is C14H17NO. The van der Waals surface area contributed by atoms with Gasteiger partial charge in [0.15, 0.2) is 5.78 Å². The molecule has 2 aliphatic rings. The van der Waals surface area contributed by atoms with E-state index in [0.29, 0.717) is 17.6 Å². The Hall–Kier alpha value is -1.31. The molecule has 1 aromatic carbocycles. The van der Waals surface area contributed by atoms with Crippen molar-refractivity contribution in [3.8, 4) is 0 Å². The zero-order valence-corrected chi connectivity index (χ0v) is 9.57. The average Bonchev–Trinajstić information content (AvgIpc) is 2.68. The van der Waals surface area contributed by atoms with Crippen molar-refractivity contribution in [2.45, 2.75) is 38.1 Å². The Morgan fingerprint density at radius 2 is 2.19 bits per heavy atom. The maximum Gasteiger partial charge on any atom is 0.155 e. The molecule has 3 atom stereocenters. The second kappa shape index (κ2) is 3.62. The summed E-state index contributed by atoms with van der Waals surface area (Å²) in [5.41, 5.74) is 2.52. The van der Waals surface area contributed by atoms with Crippen molar-refractivity contribution in [1.82, 2.24) is 0 Å². The van der Waals surface area contributed by atoms with E-state index in [-0.39, 0.29) is 6.04 Å². The summed E-state index contributed by atoms with van der Waals surface area (Å²) >= 11 is 0. The third-order valence-electron chi connectivity index (χ3n) is 4.07. The number of para-hydroxylation sites is 1. The first kappa shape index (κ1) is 9.88. The maximum atomic E-state index is 12.1. The Morgan fingerprint density at radius 3 is 3.00 bits per heavy atom. The van der Waals surface area contributed by atoms with Gasteiger partial charge in [-0.25, -0.2) is 0 Å². The third-order valence-corrected chi connectivity index (χ3v) is 4.07. The number of hydrogen-bond donors (Lipinski definition) is 1. The highest BCUT2D eigenvalue weighted by Crippen LogP contribution is 2.44. The monoisotopic (exact) mass is 215 g/mol. The third kappa shape index (κ3) is 1.36. The minimum atomic E-state index is 0.0557. The number of Topliss-reactive ketones (excluding diaryl/α,β-unsaturated/α-hetero) is 1. The summed E-state index contributed by atoms with van der Waals surface area (Å²) in [4.78, 5) is 12.1. The van der Waals surface area contributed by atoms with Gasteiger partial charge >= 0.3 is 0 Å². The van der Waals surface area contributed by atoms with Gasteiger partial charge < -0.3 is 5.32 Å². The number of ketones is 1. The van der Waals surface area contributed by atoms with E-state index in [1.165, 1.54) is 11.3 Å². The van der Waals surface area contributed by atoms with Crippen LogP contribution in [0.5, 0.6) is 0 Å². The van der Waals surface area contributed by atoms with Gasteiger partial charge in [0.2, 0.25) is 0 Å². The van der Waals surface area contributed by atoms with Gasteiger partial charge in [-0.15, -0.1) is 0 Å². The van der Waals surface area contributed by atoms with Crippen molar-refractivity contribution in [3.05, 3.63) is 29.8 Å². The lowest BCUT2D eigenvalue weighted by molar-refractivity contribution is -0.122. The molecule has 0 aromatic heterocycles. The topological polar surface area (TPSA) is 29.1 Å². The Morgan fingerprint density at radius 1 is 1.38 bits per heavy atom. The van der Waals surface area contributed by atoms with E-state index in [2.05, 4.69) is 30.4 Å². The summed E-state index contributed by atoms with van der Waals surface area (Å²) in [5.74, 6) is 1.41. The van der Waals surface area contributed by atoms with Gasteiger partial charge in [-0.3, -0.25) is 4.79 Å². The largest absolute Gasteiger partial charge is 0.375 e. The Bertz CT molecular complexity index is 426. The number of carbonyl (C=O) groups excluding carboxylic acids is 1. The average molecular weight is 215 g/mol. The van der Waals surface area contributed by atoms with E-state index in [1.54, 1.807) is 0 Å². The Labute approximate surface area is 96.1 Å². The molecule has 2 heteroatoms. The minimum Gasteiger partial charge on any atom is -0.375 e. The molecule has 2 nitrogen and oxygen atoms in total. The zero-order valence-electron chi connectivity index (χ0n) is 9.57. The standard InChI is InChI=1S/C14H17NO/c1-2-9-7-11-10-5-3-4-6-12(10)15-14(11)13(16)8-9/h3-6,9,11,14-15H,2,7-8H2,1H3. The Balaban J connectivity index is 1.96. The van der Waals surface area contributed by atoms with Crippen molar-refractivity contribution >= 4 is 11.5 Å². The first-order valence-corrected chi connectivity index (χ1v) is 6.17. The molecule has 3 rings (SSSR count). The summed E-state index contributed by atoms with van der Waals surface area (Å²) in [7, 11) is 0. The fraction of sp³-hybridized carbons (Fsp3) is 0.500. The van der Waals surface area contributed by atoms with Crippen LogP contribution in [0.4, 0.5) is 5.69 Å². The first-order valence-electron chi connectivity index (χ1n) is 6.17. The lowest BCUT2D eigenvalue weighted by Crippen LogP contribution is -2.37. The maximum absolute atomic E-state index is 12.1. The quantitative estimate of drug-likeness (QED) is 0.780. The van der Waals surface area contributed by atoms with E-state index in [0.717, 1.165) is 19.3 Å². The first-order chi connectivity index (χ1) is 7.79. The lowest BCUT2D eigenvalue weighted by Gasteiger charge is -2.30. The summed E-state index contributed by atoms with van der Waals surface area (Å²) in [5, 5.41) is 3.38. The number of fused-ring (bicyclic) bond motifs is 3. The van der Waals surface area contributed by atoms with E-state index >= 15 is 0 Å². The normalized spacial score (nSPS) is 31.8. The molecule has 84 valence electrons. The van der Waals surface area contributed by atoms with Crippen LogP contribution in [0.15, 0.2) is 24.3 Å². The van der Waals surface area contributed by atoms with Gasteiger partial charge in [0, 0.05) is 18.0 Å². The van der Waals surface area contributed by atoms with Crippen molar-refractivity contribution in [3.63, 3.8) is 0 Å². The van der Waals surface area contributed by atoms with Crippen LogP contribution in [0.3, 0.4) is 0 Å². The highest BCUT2D eigenvalue weighted by molar-refractivity contribution is 5.91. The van der Waals surface area contributed by atoms with E-state index in [1.807, 2.05) is 6.07 Å². The van der Waals surface area contributed by atoms with E-state index in [4.69, 9.17) is 0 Å². The minimum absolute atomic E-state index is 0.0557. The van der Waals surface area contributed by atoms with Crippen molar-refractivity contribution < 1.29 is 4.79 Å². The number of nitrogens with one attached hydrogen (secondary N) is 1. The Kier molecular flexibility index (Phi) is 2.23. The highest BCUT2D eigenvalue weighted by atomic mass is 16.1. The van der Waals surface area contributed by atoms with Gasteiger partial charge in [0.25, 0.3) is 0 Å². The lowest BCUT2D eigenvalue weighted by atomic mass is 9.75. The van der Waals surface area contributed by atoms with Gasteiger partial charge in [-0.05, 0) is 24.0 Å². The molecule has 1 saturated carbocycles. The van der Waals surface area contributed by atoms with Crippen LogP contribution in [0.1, 0.15) is 37.7 Å². The molecule has 0 radical (unpaired) electrons. The molecule has 1 N–H and O–H groups in total. The molecule has 16 heavy (non-hydrogen) atoms. The number of carbonyl (C=O) groups is 1. The van der Waals surface area contributed by atoms with Gasteiger partial charge in [0.05, 0.1) is 6.04 Å². The molecule has 0 spiro atoms. The predicted molar refractivity (Wildman–Crippen MR) is 64.6 cm³/mol. The molecule has 1 aromatic rings. The van der Waals surface area contributed by atoms with E-state index < -0.39 is 0 Å². The fourth-order valence-corrected chi connectivity index (χ4v) is 3.13. The molecule has 1 aliphatic carbocycles. The van der Waals surface area contributed by atoms with Gasteiger partial charge in [0.1, 0.15) is 0 Å². The van der Waals surface area contributed by atoms with Crippen LogP contribution in [0, 0.1) is 5.92 Å². The summed E-state index contributed by atoms with van der Waals surface area (Å²) < 4.78 is 0. The van der Waals surface area contributed by atoms with E-state index in [9.17, 15) is 4.79 Å². The second-order valence-corrected chi connectivity index (χ2v) is 5.00. The van der Waals surface area contributed by atoms with Gasteiger partial charge in [-0.1, -0.05) is 31.5 Å². The van der Waals surface area contributed by atoms with Crippen LogP contribution in [-0.2, 0) is 4.79 Å². The van der Waals surface area contributed by atoms with Crippen molar-refractivity contribution in [2.75, 3.05) is 5.32 Å². The number of rotatable bonds is 1. The van der Waals surface area contributed by atoms with Crippen LogP contribution >= 0.6 is 0 Å². The van der Waals surface area contributed by atoms with Crippen LogP contribution in [-0.4, -0.2) is 11.8 Å². The SMILES string of the molecule is CCC1CC(=O)C2Nc3ccccc3C2C1. The molecule has 1 aliphatic heterocycles. The van der Waals surface area contributed by atoms with Crippen molar-refractivity contribution in [1.29, 1.82) is 0 Å². The molecule has 3 unspecified atom stereocenters. The molecule has 1 fully saturated rings. The predicted octanol–water partition coefficient (Wildman–Crippen LogP) is 2.95. The second-order valence-electron chi connectivity index (χ2n) is 5.00. The summed E-state index contributed by atoms with van der Waals surface area (Å²) in [6, 6.07) is 8.41. The van der Waals surface area contributed by atoms with Crippen LogP contribution in [0.25, 0.3) is 0 Å². The molecule has 1 heterocycles.